The van der Waals surface area contributed by atoms with Crippen LogP contribution in [0, 0.1) is 0 Å². The van der Waals surface area contributed by atoms with Gasteiger partial charge in [-0.25, -0.2) is 0 Å². The Kier molecular flexibility index (Phi) is 11.8. The van der Waals surface area contributed by atoms with Gasteiger partial charge in [0.15, 0.2) is 11.6 Å². The maximum absolute atomic E-state index is 11.9. The second-order valence-electron chi connectivity index (χ2n) is 5.32. The summed E-state index contributed by atoms with van der Waals surface area (Å²) in [4.78, 5) is 23.8. The maximum atomic E-state index is 11.9. The lowest BCUT2D eigenvalue weighted by Crippen LogP contribution is -2.32. The van der Waals surface area contributed by atoms with Crippen molar-refractivity contribution >= 4 is 11.6 Å². The van der Waals surface area contributed by atoms with E-state index < -0.39 is 12.2 Å². The summed E-state index contributed by atoms with van der Waals surface area (Å²) in [5.41, 5.74) is 0. The number of hydrogen-bond acceptors (Lipinski definition) is 3. The van der Waals surface area contributed by atoms with Crippen LogP contribution in [0.25, 0.3) is 0 Å². The molecule has 2 atom stereocenters. The van der Waals surface area contributed by atoms with Gasteiger partial charge in [0.1, 0.15) is 12.2 Å². The van der Waals surface area contributed by atoms with Crippen LogP contribution >= 0.6 is 0 Å². The molecule has 0 aromatic carbocycles. The lowest BCUT2D eigenvalue weighted by molar-refractivity contribution is -0.139. The fourth-order valence-corrected chi connectivity index (χ4v) is 2.18. The van der Waals surface area contributed by atoms with Gasteiger partial charge in [-0.3, -0.25) is 9.59 Å². The molecule has 21 heavy (non-hydrogen) atoms. The molecular formula is C18H30O3. The molecule has 0 aliphatic carbocycles. The Morgan fingerprint density at radius 3 is 1.52 bits per heavy atom. The van der Waals surface area contributed by atoms with Crippen molar-refractivity contribution in [2.45, 2.75) is 77.4 Å². The Morgan fingerprint density at radius 1 is 0.857 bits per heavy atom. The predicted octanol–water partition coefficient (Wildman–Crippen LogP) is 4.41. The zero-order chi connectivity index (χ0) is 16.1. The van der Waals surface area contributed by atoms with E-state index in [4.69, 9.17) is 4.74 Å². The van der Waals surface area contributed by atoms with E-state index in [1.807, 2.05) is 0 Å². The summed E-state index contributed by atoms with van der Waals surface area (Å²) in [6, 6.07) is 0. The highest BCUT2D eigenvalue weighted by molar-refractivity contribution is 5.95. The van der Waals surface area contributed by atoms with Gasteiger partial charge in [-0.15, -0.1) is 0 Å². The van der Waals surface area contributed by atoms with Gasteiger partial charge in [0, 0.05) is 0 Å². The first-order valence-corrected chi connectivity index (χ1v) is 8.08. The van der Waals surface area contributed by atoms with E-state index in [0.717, 1.165) is 38.5 Å². The molecule has 0 rings (SSSR count). The van der Waals surface area contributed by atoms with Crippen molar-refractivity contribution in [3.05, 3.63) is 25.3 Å². The minimum absolute atomic E-state index is 0.136. The third-order valence-electron chi connectivity index (χ3n) is 3.51. The van der Waals surface area contributed by atoms with Crippen LogP contribution < -0.4 is 0 Å². The number of rotatable bonds is 14. The Labute approximate surface area is 129 Å². The summed E-state index contributed by atoms with van der Waals surface area (Å²) in [7, 11) is 0. The van der Waals surface area contributed by atoms with Crippen molar-refractivity contribution in [1.82, 2.24) is 0 Å². The first kappa shape index (κ1) is 19.8. The van der Waals surface area contributed by atoms with Gasteiger partial charge in [0.2, 0.25) is 0 Å². The predicted molar refractivity (Wildman–Crippen MR) is 87.4 cm³/mol. The molecule has 3 nitrogen and oxygen atoms in total. The molecule has 0 aliphatic heterocycles. The molecular weight excluding hydrogens is 264 g/mol. The van der Waals surface area contributed by atoms with Crippen LogP contribution in [0.2, 0.25) is 0 Å². The van der Waals surface area contributed by atoms with Gasteiger partial charge in [-0.2, -0.15) is 0 Å². The van der Waals surface area contributed by atoms with E-state index in [1.165, 1.54) is 12.2 Å². The molecule has 120 valence electrons. The molecule has 0 spiro atoms. The highest BCUT2D eigenvalue weighted by Gasteiger charge is 2.24. The number of carbonyl (C=O) groups is 2. The number of carbonyl (C=O) groups excluding carboxylic acids is 2. The van der Waals surface area contributed by atoms with E-state index in [2.05, 4.69) is 27.0 Å². The van der Waals surface area contributed by atoms with Gasteiger partial charge in [-0.05, 0) is 25.0 Å². The summed E-state index contributed by atoms with van der Waals surface area (Å²) in [5, 5.41) is 0. The molecule has 0 radical (unpaired) electrons. The molecule has 0 fully saturated rings. The lowest BCUT2D eigenvalue weighted by Gasteiger charge is -2.22. The third-order valence-corrected chi connectivity index (χ3v) is 3.51. The maximum Gasteiger partial charge on any atom is 0.183 e. The summed E-state index contributed by atoms with van der Waals surface area (Å²) in [6.45, 7) is 11.3. The molecule has 0 bridgehead atoms. The summed E-state index contributed by atoms with van der Waals surface area (Å²) in [6.07, 6.45) is 8.89. The normalized spacial score (nSPS) is 13.4. The monoisotopic (exact) mass is 294 g/mol. The van der Waals surface area contributed by atoms with Gasteiger partial charge in [-0.1, -0.05) is 65.5 Å². The summed E-state index contributed by atoms with van der Waals surface area (Å²) in [5.74, 6) is -0.271. The minimum atomic E-state index is -0.551. The molecule has 0 aliphatic rings. The van der Waals surface area contributed by atoms with Crippen LogP contribution in [-0.4, -0.2) is 23.8 Å². The molecule has 0 saturated heterocycles. The van der Waals surface area contributed by atoms with Crippen LogP contribution in [0.3, 0.4) is 0 Å². The average molecular weight is 294 g/mol. The minimum Gasteiger partial charge on any atom is -0.359 e. The lowest BCUT2D eigenvalue weighted by atomic mass is 10.0. The largest absolute Gasteiger partial charge is 0.359 e. The molecule has 2 unspecified atom stereocenters. The van der Waals surface area contributed by atoms with Crippen molar-refractivity contribution < 1.29 is 14.3 Å². The Hall–Kier alpha value is -1.22. The number of ether oxygens (including phenoxy) is 1. The third kappa shape index (κ3) is 8.61. The van der Waals surface area contributed by atoms with E-state index in [9.17, 15) is 9.59 Å². The summed E-state index contributed by atoms with van der Waals surface area (Å²) >= 11 is 0. The number of unbranched alkanes of at least 4 members (excludes halogenated alkanes) is 4. The van der Waals surface area contributed by atoms with Gasteiger partial charge in [0.05, 0.1) is 0 Å². The van der Waals surface area contributed by atoms with E-state index in [0.29, 0.717) is 12.8 Å². The van der Waals surface area contributed by atoms with Crippen LogP contribution in [-0.2, 0) is 14.3 Å². The fraction of sp³-hybridized carbons (Fsp3) is 0.667. The highest BCUT2D eigenvalue weighted by Crippen LogP contribution is 2.16. The van der Waals surface area contributed by atoms with Gasteiger partial charge < -0.3 is 4.74 Å². The van der Waals surface area contributed by atoms with E-state index in [1.54, 1.807) is 0 Å². The quantitative estimate of drug-likeness (QED) is 0.352. The average Bonchev–Trinajstić information content (AvgIpc) is 2.51. The van der Waals surface area contributed by atoms with Crippen molar-refractivity contribution in [3.8, 4) is 0 Å². The highest BCUT2D eigenvalue weighted by atomic mass is 16.5. The Balaban J connectivity index is 4.67. The van der Waals surface area contributed by atoms with E-state index >= 15 is 0 Å². The van der Waals surface area contributed by atoms with Crippen molar-refractivity contribution in [2.24, 2.45) is 0 Å². The van der Waals surface area contributed by atoms with Crippen molar-refractivity contribution in [3.63, 3.8) is 0 Å². The number of ketones is 2. The van der Waals surface area contributed by atoms with Crippen molar-refractivity contribution in [1.29, 1.82) is 0 Å². The first-order chi connectivity index (χ1) is 10.1. The molecule has 0 heterocycles. The van der Waals surface area contributed by atoms with Crippen LogP contribution in [0.1, 0.15) is 65.2 Å². The van der Waals surface area contributed by atoms with Crippen molar-refractivity contribution in [2.75, 3.05) is 0 Å². The standard InChI is InChI=1S/C18H30O3/c1-5-9-11-13-17(15(19)7-3)21-18(16(20)8-4)14-12-10-6-2/h7-8,17-18H,3-6,9-14H2,1-2H3. The van der Waals surface area contributed by atoms with Crippen LogP contribution in [0.15, 0.2) is 25.3 Å². The van der Waals surface area contributed by atoms with Gasteiger partial charge >= 0.3 is 0 Å². The van der Waals surface area contributed by atoms with Crippen LogP contribution in [0.4, 0.5) is 0 Å². The second kappa shape index (κ2) is 12.5. The SMILES string of the molecule is C=CC(=O)C(CCCCC)OC(CCCCC)C(=O)C=C. The summed E-state index contributed by atoms with van der Waals surface area (Å²) < 4.78 is 5.81. The Morgan fingerprint density at radius 2 is 1.24 bits per heavy atom. The molecule has 3 heteroatoms. The smallest absolute Gasteiger partial charge is 0.183 e. The van der Waals surface area contributed by atoms with Gasteiger partial charge in [0.25, 0.3) is 0 Å². The zero-order valence-electron chi connectivity index (χ0n) is 13.6. The number of hydrogen-bond donors (Lipinski definition) is 0. The Bertz CT molecular complexity index is 301. The first-order valence-electron chi connectivity index (χ1n) is 8.08. The molecule has 0 saturated carbocycles. The topological polar surface area (TPSA) is 43.4 Å². The zero-order valence-corrected chi connectivity index (χ0v) is 13.6. The second-order valence-corrected chi connectivity index (χ2v) is 5.32. The molecule has 0 aromatic heterocycles. The van der Waals surface area contributed by atoms with Crippen LogP contribution in [0.5, 0.6) is 0 Å². The van der Waals surface area contributed by atoms with E-state index in [-0.39, 0.29) is 11.6 Å². The molecule has 0 N–H and O–H groups in total. The fourth-order valence-electron chi connectivity index (χ4n) is 2.18. The molecule has 0 aromatic rings. The molecule has 0 amide bonds.